The van der Waals surface area contributed by atoms with Crippen LogP contribution in [0.1, 0.15) is 22.3 Å². The van der Waals surface area contributed by atoms with E-state index in [1.54, 1.807) is 31.2 Å². The summed E-state index contributed by atoms with van der Waals surface area (Å²) in [6.07, 6.45) is 1.22. The third kappa shape index (κ3) is 6.05. The van der Waals surface area contributed by atoms with E-state index in [0.717, 1.165) is 15.4 Å². The summed E-state index contributed by atoms with van der Waals surface area (Å²) in [5.74, 6) is -0.600. The van der Waals surface area contributed by atoms with Gasteiger partial charge in [-0.15, -0.1) is 0 Å². The lowest BCUT2D eigenvalue weighted by molar-refractivity contribution is -0.385. The molecule has 0 saturated heterocycles. The van der Waals surface area contributed by atoms with Gasteiger partial charge in [-0.1, -0.05) is 35.4 Å². The number of hydrogen-bond donors (Lipinski definition) is 1. The lowest BCUT2D eigenvalue weighted by Gasteiger charge is -2.25. The maximum absolute atomic E-state index is 13.5. The van der Waals surface area contributed by atoms with E-state index in [-0.39, 0.29) is 16.3 Å². The molecule has 3 aromatic carbocycles. The van der Waals surface area contributed by atoms with Crippen LogP contribution >= 0.6 is 0 Å². The Morgan fingerprint density at radius 3 is 2.33 bits per heavy atom. The van der Waals surface area contributed by atoms with Crippen LogP contribution in [-0.2, 0) is 14.8 Å². The largest absolute Gasteiger partial charge is 0.490 e. The predicted molar refractivity (Wildman–Crippen MR) is 137 cm³/mol. The molecular formula is C25H26N4O6S. The molecule has 0 fully saturated rings. The van der Waals surface area contributed by atoms with Crippen molar-refractivity contribution in [2.24, 2.45) is 5.10 Å². The molecule has 11 heteroatoms. The van der Waals surface area contributed by atoms with Crippen LogP contribution in [0.25, 0.3) is 0 Å². The van der Waals surface area contributed by atoms with E-state index >= 15 is 0 Å². The second kappa shape index (κ2) is 11.0. The fourth-order valence-electron chi connectivity index (χ4n) is 3.50. The normalized spacial score (nSPS) is 11.3. The Morgan fingerprint density at radius 2 is 1.72 bits per heavy atom. The van der Waals surface area contributed by atoms with Crippen molar-refractivity contribution in [3.8, 4) is 5.75 Å². The summed E-state index contributed by atoms with van der Waals surface area (Å²) in [5.41, 5.74) is 5.30. The number of carbonyl (C=O) groups excluding carboxylic acids is 1. The van der Waals surface area contributed by atoms with Crippen LogP contribution in [0.4, 0.5) is 11.4 Å². The highest BCUT2D eigenvalue weighted by molar-refractivity contribution is 7.92. The van der Waals surface area contributed by atoms with Crippen molar-refractivity contribution < 1.29 is 22.9 Å². The second-order valence-electron chi connectivity index (χ2n) is 8.10. The van der Waals surface area contributed by atoms with E-state index in [4.69, 9.17) is 4.74 Å². The number of methoxy groups -OCH3 is 1. The molecule has 0 spiro atoms. The van der Waals surface area contributed by atoms with Gasteiger partial charge in [0.2, 0.25) is 0 Å². The van der Waals surface area contributed by atoms with Crippen LogP contribution < -0.4 is 14.5 Å². The second-order valence-corrected chi connectivity index (χ2v) is 9.96. The Hall–Kier alpha value is -4.25. The van der Waals surface area contributed by atoms with Crippen LogP contribution in [-0.4, -0.2) is 39.1 Å². The van der Waals surface area contributed by atoms with E-state index in [9.17, 15) is 23.3 Å². The molecule has 0 radical (unpaired) electrons. The Balaban J connectivity index is 1.86. The number of anilines is 1. The number of carbonyl (C=O) groups is 1. The fourth-order valence-corrected chi connectivity index (χ4v) is 4.98. The van der Waals surface area contributed by atoms with Crippen molar-refractivity contribution in [3.05, 3.63) is 93.0 Å². The number of benzene rings is 3. The van der Waals surface area contributed by atoms with Crippen molar-refractivity contribution in [1.29, 1.82) is 0 Å². The first-order valence-corrected chi connectivity index (χ1v) is 12.3. The zero-order valence-corrected chi connectivity index (χ0v) is 21.1. The molecular weight excluding hydrogens is 484 g/mol. The monoisotopic (exact) mass is 510 g/mol. The number of nitrogens with one attached hydrogen (secondary N) is 1. The molecule has 36 heavy (non-hydrogen) atoms. The predicted octanol–water partition coefficient (Wildman–Crippen LogP) is 3.87. The average molecular weight is 511 g/mol. The molecule has 188 valence electrons. The van der Waals surface area contributed by atoms with Crippen LogP contribution in [0.3, 0.4) is 0 Å². The number of nitrogens with zero attached hydrogens (tertiary/aromatic N) is 3. The number of hydrogen-bond acceptors (Lipinski definition) is 7. The maximum Gasteiger partial charge on any atom is 0.311 e. The topological polar surface area (TPSA) is 131 Å². The summed E-state index contributed by atoms with van der Waals surface area (Å²) in [6.45, 7) is 4.98. The van der Waals surface area contributed by atoms with Crippen LogP contribution in [0.5, 0.6) is 5.75 Å². The molecule has 0 atom stereocenters. The minimum atomic E-state index is -4.07. The highest BCUT2D eigenvalue weighted by Gasteiger charge is 2.28. The first kappa shape index (κ1) is 26.4. The van der Waals surface area contributed by atoms with E-state index in [1.807, 2.05) is 19.9 Å². The van der Waals surface area contributed by atoms with Gasteiger partial charge >= 0.3 is 5.69 Å². The Bertz CT molecular complexity index is 1420. The molecule has 1 amide bonds. The Labute approximate surface area is 209 Å². The molecule has 3 aromatic rings. The minimum absolute atomic E-state index is 0.0509. The molecule has 0 aliphatic carbocycles. The van der Waals surface area contributed by atoms with Gasteiger partial charge in [-0.25, -0.2) is 13.8 Å². The Kier molecular flexibility index (Phi) is 8.05. The van der Waals surface area contributed by atoms with Crippen molar-refractivity contribution in [3.63, 3.8) is 0 Å². The highest BCUT2D eigenvalue weighted by Crippen LogP contribution is 2.28. The van der Waals surface area contributed by atoms with Crippen molar-refractivity contribution in [2.75, 3.05) is 18.0 Å². The summed E-state index contributed by atoms with van der Waals surface area (Å²) < 4.78 is 33.0. The fraction of sp³-hybridized carbons (Fsp3) is 0.200. The summed E-state index contributed by atoms with van der Waals surface area (Å²) in [5, 5.41) is 15.0. The molecule has 0 bridgehead atoms. The number of aryl methyl sites for hydroxylation is 3. The summed E-state index contributed by atoms with van der Waals surface area (Å²) in [7, 11) is -2.75. The Morgan fingerprint density at radius 1 is 1.06 bits per heavy atom. The molecule has 3 rings (SSSR count). The van der Waals surface area contributed by atoms with E-state index in [2.05, 4.69) is 10.5 Å². The molecule has 10 nitrogen and oxygen atoms in total. The van der Waals surface area contributed by atoms with Gasteiger partial charge in [0.15, 0.2) is 5.75 Å². The quantitative estimate of drug-likeness (QED) is 0.264. The number of nitro benzene ring substituents is 1. The molecule has 0 unspecified atom stereocenters. The molecule has 0 saturated carbocycles. The van der Waals surface area contributed by atoms with Crippen LogP contribution in [0, 0.1) is 30.9 Å². The number of hydrazone groups is 1. The van der Waals surface area contributed by atoms with E-state index in [1.165, 1.54) is 43.7 Å². The first-order chi connectivity index (χ1) is 17.0. The molecule has 0 aliphatic rings. The van der Waals surface area contributed by atoms with Gasteiger partial charge in [0, 0.05) is 11.6 Å². The van der Waals surface area contributed by atoms with Crippen LogP contribution in [0.2, 0.25) is 0 Å². The highest BCUT2D eigenvalue weighted by atomic mass is 32.2. The van der Waals surface area contributed by atoms with E-state index in [0.29, 0.717) is 16.8 Å². The zero-order chi connectivity index (χ0) is 26.5. The maximum atomic E-state index is 13.5. The number of amides is 1. The van der Waals surface area contributed by atoms with Gasteiger partial charge in [-0.05, 0) is 56.7 Å². The number of sulfonamides is 1. The third-order valence-corrected chi connectivity index (χ3v) is 7.09. The lowest BCUT2D eigenvalue weighted by atomic mass is 10.1. The van der Waals surface area contributed by atoms with E-state index < -0.39 is 27.4 Å². The average Bonchev–Trinajstić information content (AvgIpc) is 2.83. The van der Waals surface area contributed by atoms with Crippen molar-refractivity contribution >= 4 is 33.5 Å². The zero-order valence-electron chi connectivity index (χ0n) is 20.3. The summed E-state index contributed by atoms with van der Waals surface area (Å²) >= 11 is 0. The smallest absolute Gasteiger partial charge is 0.311 e. The number of nitro groups is 1. The van der Waals surface area contributed by atoms with Gasteiger partial charge in [0.1, 0.15) is 6.54 Å². The van der Waals surface area contributed by atoms with Crippen molar-refractivity contribution in [2.45, 2.75) is 25.7 Å². The summed E-state index contributed by atoms with van der Waals surface area (Å²) in [4.78, 5) is 23.4. The van der Waals surface area contributed by atoms with Crippen LogP contribution in [0.15, 0.2) is 70.7 Å². The number of rotatable bonds is 9. The van der Waals surface area contributed by atoms with Gasteiger partial charge in [-0.3, -0.25) is 19.2 Å². The third-order valence-electron chi connectivity index (χ3n) is 5.32. The van der Waals surface area contributed by atoms with Gasteiger partial charge < -0.3 is 4.74 Å². The molecule has 1 N–H and O–H groups in total. The summed E-state index contributed by atoms with van der Waals surface area (Å²) in [6, 6.07) is 15.8. The standard InChI is InChI=1S/C25H26N4O6S/c1-17-5-9-21(10-6-17)36(33,34)28(22-11-7-18(2)13-19(22)3)16-25(30)27-26-15-20-8-12-24(35-4)23(14-20)29(31)32/h5-15H,16H2,1-4H3,(H,27,30)/b26-15-. The SMILES string of the molecule is COc1ccc(/C=N\NC(=O)CN(c2ccc(C)cc2C)S(=O)(=O)c2ccc(C)cc2)cc1[N+](=O)[O-]. The lowest BCUT2D eigenvalue weighted by Crippen LogP contribution is -2.40. The van der Waals surface area contributed by atoms with Gasteiger partial charge in [0.25, 0.3) is 15.9 Å². The van der Waals surface area contributed by atoms with Crippen molar-refractivity contribution in [1.82, 2.24) is 5.43 Å². The molecule has 0 aromatic heterocycles. The van der Waals surface area contributed by atoms with Gasteiger partial charge in [0.05, 0.1) is 28.8 Å². The number of ether oxygens (including phenoxy) is 1. The van der Waals surface area contributed by atoms with Gasteiger partial charge in [-0.2, -0.15) is 5.10 Å². The molecule has 0 aliphatic heterocycles. The molecule has 0 heterocycles. The minimum Gasteiger partial charge on any atom is -0.490 e. The first-order valence-electron chi connectivity index (χ1n) is 10.8.